The van der Waals surface area contributed by atoms with Gasteiger partial charge in [0.25, 0.3) is 0 Å². The van der Waals surface area contributed by atoms with Crippen molar-refractivity contribution in [2.75, 3.05) is 18.1 Å². The van der Waals surface area contributed by atoms with Gasteiger partial charge in [-0.1, -0.05) is 12.1 Å². The van der Waals surface area contributed by atoms with Crippen LogP contribution in [-0.4, -0.2) is 39.0 Å². The van der Waals surface area contributed by atoms with Crippen molar-refractivity contribution in [1.82, 2.24) is 9.97 Å². The van der Waals surface area contributed by atoms with Crippen molar-refractivity contribution in [1.29, 1.82) is 0 Å². The third kappa shape index (κ3) is 2.86. The zero-order valence-corrected chi connectivity index (χ0v) is 10.9. The minimum Gasteiger partial charge on any atom is -0.396 e. The number of carbonyl (C=O) groups is 1. The molecule has 4 nitrogen and oxygen atoms in total. The van der Waals surface area contributed by atoms with E-state index in [1.165, 1.54) is 11.8 Å². The van der Waals surface area contributed by atoms with Crippen LogP contribution in [0.15, 0.2) is 24.3 Å². The first kappa shape index (κ1) is 13.0. The summed E-state index contributed by atoms with van der Waals surface area (Å²) in [4.78, 5) is 20.7. The first-order valence-electron chi connectivity index (χ1n) is 5.67. The molecule has 0 atom stereocenters. The Kier molecular flexibility index (Phi) is 4.28. The summed E-state index contributed by atoms with van der Waals surface area (Å²) >= 11 is 1.40. The van der Waals surface area contributed by atoms with Gasteiger partial charge in [0.15, 0.2) is 5.78 Å². The van der Waals surface area contributed by atoms with E-state index < -0.39 is 0 Å². The highest BCUT2D eigenvalue weighted by Gasteiger charge is 2.13. The smallest absolute Gasteiger partial charge is 0.192 e. The van der Waals surface area contributed by atoms with Gasteiger partial charge in [-0.2, -0.15) is 11.8 Å². The molecule has 0 saturated heterocycles. The average Bonchev–Trinajstić information content (AvgIpc) is 2.38. The molecule has 1 aromatic carbocycles. The summed E-state index contributed by atoms with van der Waals surface area (Å²) in [6.07, 6.45) is 0. The highest BCUT2D eigenvalue weighted by Crippen LogP contribution is 2.14. The number of Topliss-reactive ketones (excluding diaryl/α,β-unsaturated/α-hetero) is 1. The van der Waals surface area contributed by atoms with Gasteiger partial charge in [-0.05, 0) is 19.1 Å². The third-order valence-corrected chi connectivity index (χ3v) is 3.42. The van der Waals surface area contributed by atoms with Crippen molar-refractivity contribution in [3.63, 3.8) is 0 Å². The fourth-order valence-corrected chi connectivity index (χ4v) is 2.25. The Morgan fingerprint density at radius 3 is 2.61 bits per heavy atom. The van der Waals surface area contributed by atoms with E-state index in [4.69, 9.17) is 5.11 Å². The summed E-state index contributed by atoms with van der Waals surface area (Å²) in [6, 6.07) is 7.50. The number of hydrogen-bond donors (Lipinski definition) is 1. The SMILES string of the molecule is Cc1nc2ccccc2nc1C(=O)CSCCO. The van der Waals surface area contributed by atoms with Gasteiger partial charge < -0.3 is 5.11 Å². The Bertz CT molecular complexity index is 572. The van der Waals surface area contributed by atoms with Crippen LogP contribution >= 0.6 is 11.8 Å². The van der Waals surface area contributed by atoms with Gasteiger partial charge in [0.05, 0.1) is 29.1 Å². The second-order valence-electron chi connectivity index (χ2n) is 3.85. The van der Waals surface area contributed by atoms with Crippen molar-refractivity contribution in [2.45, 2.75) is 6.92 Å². The zero-order valence-electron chi connectivity index (χ0n) is 10.1. The number of thioether (sulfide) groups is 1. The van der Waals surface area contributed by atoms with Crippen LogP contribution in [0.4, 0.5) is 0 Å². The van der Waals surface area contributed by atoms with Crippen LogP contribution in [0.3, 0.4) is 0 Å². The van der Waals surface area contributed by atoms with Gasteiger partial charge in [0.1, 0.15) is 5.69 Å². The molecule has 0 bridgehead atoms. The summed E-state index contributed by atoms with van der Waals surface area (Å²) in [5.41, 5.74) is 2.62. The number of ketones is 1. The molecule has 1 heterocycles. The van der Waals surface area contributed by atoms with E-state index >= 15 is 0 Å². The Hall–Kier alpha value is -1.46. The largest absolute Gasteiger partial charge is 0.396 e. The molecule has 2 rings (SSSR count). The number of benzene rings is 1. The van der Waals surface area contributed by atoms with E-state index in [1.807, 2.05) is 24.3 Å². The topological polar surface area (TPSA) is 63.1 Å². The summed E-state index contributed by atoms with van der Waals surface area (Å²) < 4.78 is 0. The van der Waals surface area contributed by atoms with Gasteiger partial charge in [0.2, 0.25) is 0 Å². The van der Waals surface area contributed by atoms with Gasteiger partial charge in [-0.3, -0.25) is 4.79 Å². The van der Waals surface area contributed by atoms with Crippen LogP contribution in [0.5, 0.6) is 0 Å². The number of rotatable bonds is 5. The van der Waals surface area contributed by atoms with Gasteiger partial charge in [-0.15, -0.1) is 0 Å². The van der Waals surface area contributed by atoms with Crippen molar-refractivity contribution in [2.24, 2.45) is 0 Å². The number of aliphatic hydroxyl groups is 1. The first-order valence-corrected chi connectivity index (χ1v) is 6.83. The van der Waals surface area contributed by atoms with Crippen molar-refractivity contribution >= 4 is 28.6 Å². The van der Waals surface area contributed by atoms with E-state index in [1.54, 1.807) is 6.92 Å². The van der Waals surface area contributed by atoms with Crippen LogP contribution in [0.25, 0.3) is 11.0 Å². The number of para-hydroxylation sites is 2. The molecule has 0 fully saturated rings. The van der Waals surface area contributed by atoms with Crippen molar-refractivity contribution in [3.05, 3.63) is 35.7 Å². The highest BCUT2D eigenvalue weighted by atomic mass is 32.2. The van der Waals surface area contributed by atoms with E-state index in [0.29, 0.717) is 22.9 Å². The van der Waals surface area contributed by atoms with Crippen LogP contribution < -0.4 is 0 Å². The van der Waals surface area contributed by atoms with E-state index in [2.05, 4.69) is 9.97 Å². The number of aryl methyl sites for hydroxylation is 1. The number of aliphatic hydroxyl groups excluding tert-OH is 1. The monoisotopic (exact) mass is 262 g/mol. The number of nitrogens with zero attached hydrogens (tertiary/aromatic N) is 2. The molecule has 0 aliphatic carbocycles. The van der Waals surface area contributed by atoms with Crippen LogP contribution in [0.2, 0.25) is 0 Å². The standard InChI is InChI=1S/C13H14N2O2S/c1-9-13(12(17)8-18-7-6-16)15-11-5-3-2-4-10(11)14-9/h2-5,16H,6-8H2,1H3. The summed E-state index contributed by atoms with van der Waals surface area (Å²) in [5.74, 6) is 0.851. The molecule has 1 aromatic heterocycles. The lowest BCUT2D eigenvalue weighted by Crippen LogP contribution is -2.10. The molecule has 0 unspecified atom stereocenters. The lowest BCUT2D eigenvalue weighted by atomic mass is 10.2. The summed E-state index contributed by atoms with van der Waals surface area (Å²) in [5, 5.41) is 8.69. The molecule has 18 heavy (non-hydrogen) atoms. The Morgan fingerprint density at radius 1 is 1.28 bits per heavy atom. The van der Waals surface area contributed by atoms with E-state index in [0.717, 1.165) is 11.0 Å². The van der Waals surface area contributed by atoms with Crippen molar-refractivity contribution in [3.8, 4) is 0 Å². The average molecular weight is 262 g/mol. The van der Waals surface area contributed by atoms with Gasteiger partial charge >= 0.3 is 0 Å². The third-order valence-electron chi connectivity index (χ3n) is 2.48. The molecule has 5 heteroatoms. The van der Waals surface area contributed by atoms with E-state index in [9.17, 15) is 4.79 Å². The predicted octanol–water partition coefficient (Wildman–Crippen LogP) is 1.85. The molecule has 1 N–H and O–H groups in total. The second kappa shape index (κ2) is 5.93. The second-order valence-corrected chi connectivity index (χ2v) is 4.95. The number of hydrogen-bond acceptors (Lipinski definition) is 5. The zero-order chi connectivity index (χ0) is 13.0. The van der Waals surface area contributed by atoms with E-state index in [-0.39, 0.29) is 12.4 Å². The molecule has 0 aliphatic rings. The fourth-order valence-electron chi connectivity index (χ4n) is 1.65. The summed E-state index contributed by atoms with van der Waals surface area (Å²) in [6.45, 7) is 1.88. The molecular formula is C13H14N2O2S. The molecule has 0 radical (unpaired) electrons. The minimum atomic E-state index is -0.0378. The molecular weight excluding hydrogens is 248 g/mol. The molecule has 0 spiro atoms. The summed E-state index contributed by atoms with van der Waals surface area (Å²) in [7, 11) is 0. The number of fused-ring (bicyclic) bond motifs is 1. The number of carbonyl (C=O) groups excluding carboxylic acids is 1. The predicted molar refractivity (Wildman–Crippen MR) is 73.0 cm³/mol. The fraction of sp³-hybridized carbons (Fsp3) is 0.308. The molecule has 2 aromatic rings. The van der Waals surface area contributed by atoms with Gasteiger partial charge in [-0.25, -0.2) is 9.97 Å². The number of aromatic nitrogens is 2. The normalized spacial score (nSPS) is 10.8. The van der Waals surface area contributed by atoms with Crippen LogP contribution in [0.1, 0.15) is 16.2 Å². The minimum absolute atomic E-state index is 0.0378. The van der Waals surface area contributed by atoms with Gasteiger partial charge in [0, 0.05) is 5.75 Å². The van der Waals surface area contributed by atoms with Crippen LogP contribution in [-0.2, 0) is 0 Å². The van der Waals surface area contributed by atoms with Crippen molar-refractivity contribution < 1.29 is 9.90 Å². The maximum Gasteiger partial charge on any atom is 0.192 e. The maximum atomic E-state index is 12.0. The molecule has 0 aliphatic heterocycles. The Balaban J connectivity index is 2.27. The quantitative estimate of drug-likeness (QED) is 0.658. The lowest BCUT2D eigenvalue weighted by molar-refractivity contribution is 0.101. The first-order chi connectivity index (χ1) is 8.72. The van der Waals surface area contributed by atoms with Crippen LogP contribution in [0, 0.1) is 6.92 Å². The Labute approximate surface area is 109 Å². The molecule has 94 valence electrons. The molecule has 0 saturated carbocycles. The Morgan fingerprint density at radius 2 is 1.94 bits per heavy atom. The highest BCUT2D eigenvalue weighted by molar-refractivity contribution is 8.00. The molecule has 0 amide bonds. The maximum absolute atomic E-state index is 12.0. The lowest BCUT2D eigenvalue weighted by Gasteiger charge is -2.05.